The Morgan fingerprint density at radius 2 is 2.19 bits per heavy atom. The van der Waals surface area contributed by atoms with Crippen molar-refractivity contribution in [1.29, 1.82) is 0 Å². The average molecular weight is 302 g/mol. The lowest BCUT2D eigenvalue weighted by Gasteiger charge is -2.40. The van der Waals surface area contributed by atoms with Crippen LogP contribution in [-0.2, 0) is 4.74 Å². The maximum Gasteiger partial charge on any atom is 0.347 e. The van der Waals surface area contributed by atoms with E-state index in [1.165, 1.54) is 0 Å². The van der Waals surface area contributed by atoms with Gasteiger partial charge in [-0.1, -0.05) is 0 Å². The molecule has 10 heteroatoms. The van der Waals surface area contributed by atoms with Gasteiger partial charge in [0.1, 0.15) is 18.7 Å². The van der Waals surface area contributed by atoms with Crippen LogP contribution in [0.25, 0.3) is 0 Å². The van der Waals surface area contributed by atoms with Crippen molar-refractivity contribution in [1.82, 2.24) is 10.6 Å². The fraction of sp³-hybridized carbons (Fsp3) is 0.818. The van der Waals surface area contributed by atoms with Crippen LogP contribution >= 0.6 is 0 Å². The Kier molecular flexibility index (Phi) is 3.03. The van der Waals surface area contributed by atoms with E-state index in [2.05, 4.69) is 15.6 Å². The molecule has 0 radical (unpaired) electrons. The van der Waals surface area contributed by atoms with Crippen LogP contribution in [0.15, 0.2) is 0 Å². The summed E-state index contributed by atoms with van der Waals surface area (Å²) >= 11 is 0. The second-order valence-electron chi connectivity index (χ2n) is 5.53. The Bertz CT molecular complexity index is 521. The first-order valence-corrected chi connectivity index (χ1v) is 6.89. The minimum absolute atomic E-state index is 0.177. The molecule has 21 heavy (non-hydrogen) atoms. The summed E-state index contributed by atoms with van der Waals surface area (Å²) in [6.45, 7) is 2.02. The van der Waals surface area contributed by atoms with Crippen molar-refractivity contribution in [3.05, 3.63) is 0 Å². The number of aliphatic hydroxyl groups is 3. The van der Waals surface area contributed by atoms with Gasteiger partial charge in [0.2, 0.25) is 0 Å². The van der Waals surface area contributed by atoms with Gasteiger partial charge in [-0.3, -0.25) is 21.8 Å². The van der Waals surface area contributed by atoms with Crippen LogP contribution in [0.4, 0.5) is 0 Å². The predicted octanol–water partition coefficient (Wildman–Crippen LogP) is -6.56. The third kappa shape index (κ3) is 1.61. The molecule has 1 spiro atoms. The third-order valence-electron chi connectivity index (χ3n) is 4.46. The van der Waals surface area contributed by atoms with Gasteiger partial charge in [0.15, 0.2) is 6.04 Å². The number of guanidine groups is 2. The van der Waals surface area contributed by atoms with E-state index in [4.69, 9.17) is 16.2 Å². The summed E-state index contributed by atoms with van der Waals surface area (Å²) in [5, 5.41) is 36.8. The molecule has 3 aliphatic rings. The summed E-state index contributed by atoms with van der Waals surface area (Å²) < 4.78 is 7.03. The fourth-order valence-corrected chi connectivity index (χ4v) is 3.58. The van der Waals surface area contributed by atoms with E-state index in [9.17, 15) is 15.3 Å². The van der Waals surface area contributed by atoms with E-state index in [0.29, 0.717) is 6.61 Å². The van der Waals surface area contributed by atoms with E-state index < -0.39 is 29.6 Å². The molecule has 118 valence electrons. The molecular weight excluding hydrogens is 280 g/mol. The lowest BCUT2D eigenvalue weighted by molar-refractivity contribution is -0.674. The fourth-order valence-electron chi connectivity index (χ4n) is 3.58. The summed E-state index contributed by atoms with van der Waals surface area (Å²) in [5.74, 6) is -1.84. The Morgan fingerprint density at radius 1 is 1.48 bits per heavy atom. The molecule has 0 aromatic rings. The predicted molar refractivity (Wildman–Crippen MR) is 70.7 cm³/mol. The molecule has 0 bridgehead atoms. The highest BCUT2D eigenvalue weighted by atomic mass is 16.6. The number of nitrogens with one attached hydrogen (secondary N) is 3. The average Bonchev–Trinajstić information content (AvgIpc) is 2.88. The van der Waals surface area contributed by atoms with Crippen LogP contribution in [0, 0.1) is 0 Å². The van der Waals surface area contributed by atoms with Crippen LogP contribution in [-0.4, -0.2) is 81.2 Å². The molecule has 10 N–H and O–H groups in total. The van der Waals surface area contributed by atoms with Crippen molar-refractivity contribution in [3.8, 4) is 0 Å². The van der Waals surface area contributed by atoms with Crippen LogP contribution in [0.3, 0.4) is 0 Å². The van der Waals surface area contributed by atoms with Gasteiger partial charge in [0.05, 0.1) is 6.61 Å². The lowest BCUT2D eigenvalue weighted by Crippen LogP contribution is -2.91. The van der Waals surface area contributed by atoms with Gasteiger partial charge < -0.3 is 20.1 Å². The standard InChI is InChI=1S/C11H20N6O4/c1-2-21-6-3-17-9(13)14-5(4-18)7-10(17,11(6,19)20)16-8(12)15-7/h5-7,18-20H,2-4H2,1H3,(H5,12,13,14,15,16)/p+2/t5-,6-,7-,10-/m0/s1. The van der Waals surface area contributed by atoms with Crippen LogP contribution in [0.5, 0.6) is 0 Å². The Morgan fingerprint density at radius 3 is 2.81 bits per heavy atom. The highest BCUT2D eigenvalue weighted by Gasteiger charge is 2.78. The zero-order chi connectivity index (χ0) is 15.4. The van der Waals surface area contributed by atoms with E-state index in [0.717, 1.165) is 0 Å². The molecule has 1 fully saturated rings. The normalized spacial score (nSPS) is 40.2. The van der Waals surface area contributed by atoms with Crippen molar-refractivity contribution >= 4 is 11.9 Å². The smallest absolute Gasteiger partial charge is 0.347 e. The van der Waals surface area contributed by atoms with E-state index in [1.54, 1.807) is 11.5 Å². The number of hydrogen-bond donors (Lipinski definition) is 8. The summed E-state index contributed by atoms with van der Waals surface area (Å²) in [5.41, 5.74) is 10.4. The van der Waals surface area contributed by atoms with Crippen molar-refractivity contribution in [3.63, 3.8) is 0 Å². The van der Waals surface area contributed by atoms with Gasteiger partial charge in [-0.15, -0.1) is 0 Å². The van der Waals surface area contributed by atoms with E-state index >= 15 is 0 Å². The van der Waals surface area contributed by atoms with Crippen molar-refractivity contribution in [2.24, 2.45) is 11.5 Å². The maximum atomic E-state index is 10.7. The number of nitrogens with zero attached hydrogens (tertiary/aromatic N) is 1. The largest absolute Gasteiger partial charge is 0.393 e. The Labute approximate surface area is 121 Å². The first kappa shape index (κ1) is 14.3. The molecule has 3 rings (SSSR count). The maximum absolute atomic E-state index is 10.7. The highest BCUT2D eigenvalue weighted by molar-refractivity contribution is 5.78. The molecule has 1 saturated heterocycles. The van der Waals surface area contributed by atoms with Gasteiger partial charge in [0.25, 0.3) is 11.4 Å². The summed E-state index contributed by atoms with van der Waals surface area (Å²) in [7, 11) is 0. The number of hydrogen-bond acceptors (Lipinski definition) is 8. The molecule has 0 aromatic heterocycles. The molecule has 3 heterocycles. The van der Waals surface area contributed by atoms with Gasteiger partial charge in [-0.2, -0.15) is 0 Å². The topological polar surface area (TPSA) is 163 Å². The molecule has 10 nitrogen and oxygen atoms in total. The van der Waals surface area contributed by atoms with Crippen molar-refractivity contribution in [2.45, 2.75) is 36.6 Å². The molecule has 0 aliphatic carbocycles. The monoisotopic (exact) mass is 302 g/mol. The van der Waals surface area contributed by atoms with Gasteiger partial charge >= 0.3 is 11.9 Å². The Hall–Kier alpha value is -1.62. The number of ether oxygens (including phenoxy) is 1. The molecule has 4 atom stereocenters. The number of aliphatic hydroxyl groups excluding tert-OH is 1. The zero-order valence-electron chi connectivity index (χ0n) is 11.7. The molecule has 0 saturated carbocycles. The highest BCUT2D eigenvalue weighted by Crippen LogP contribution is 2.38. The van der Waals surface area contributed by atoms with Crippen molar-refractivity contribution in [2.75, 3.05) is 19.8 Å². The van der Waals surface area contributed by atoms with Crippen LogP contribution in [0.2, 0.25) is 0 Å². The second-order valence-corrected chi connectivity index (χ2v) is 5.53. The number of rotatable bonds is 3. The van der Waals surface area contributed by atoms with Gasteiger partial charge in [0, 0.05) is 6.61 Å². The summed E-state index contributed by atoms with van der Waals surface area (Å²) in [6, 6.07) is -1.14. The van der Waals surface area contributed by atoms with Gasteiger partial charge in [-0.25, -0.2) is 9.89 Å². The van der Waals surface area contributed by atoms with Crippen LogP contribution in [0.1, 0.15) is 6.92 Å². The van der Waals surface area contributed by atoms with Crippen molar-refractivity contribution < 1.29 is 29.6 Å². The SMILES string of the molecule is CCO[C@H]1C[N+]2=C(N)N[C@@H](CO)[C@@H]3[NH+]=C(N)N[C@@]32C1(O)O. The lowest BCUT2D eigenvalue weighted by atomic mass is 9.86. The number of nitrogens with two attached hydrogens (primary N) is 2. The third-order valence-corrected chi connectivity index (χ3v) is 4.46. The molecule has 0 unspecified atom stereocenters. The molecule has 0 aromatic carbocycles. The van der Waals surface area contributed by atoms with E-state index in [-0.39, 0.29) is 25.1 Å². The minimum Gasteiger partial charge on any atom is -0.393 e. The Balaban J connectivity index is 2.14. The molecule has 0 amide bonds. The summed E-state index contributed by atoms with van der Waals surface area (Å²) in [6.07, 6.45) is -0.872. The first-order valence-electron chi connectivity index (χ1n) is 6.89. The van der Waals surface area contributed by atoms with E-state index in [1.807, 2.05) is 0 Å². The zero-order valence-corrected chi connectivity index (χ0v) is 11.7. The minimum atomic E-state index is -2.25. The van der Waals surface area contributed by atoms with Gasteiger partial charge in [-0.05, 0) is 6.92 Å². The molecule has 3 aliphatic heterocycles. The first-order chi connectivity index (χ1) is 9.88. The van der Waals surface area contributed by atoms with Crippen LogP contribution < -0.4 is 27.1 Å². The second kappa shape index (κ2) is 4.44. The quantitative estimate of drug-likeness (QED) is 0.188. The molecular formula is C11H22N6O4+2. The summed E-state index contributed by atoms with van der Waals surface area (Å²) in [4.78, 5) is 2.93.